The fraction of sp³-hybridized carbons (Fsp3) is 0.409. The Morgan fingerprint density at radius 3 is 2.58 bits per heavy atom. The maximum atomic E-state index is 12.8. The molecule has 1 saturated heterocycles. The fourth-order valence-electron chi connectivity index (χ4n) is 3.10. The molecular formula is C22H25N3O7S. The Labute approximate surface area is 195 Å². The molecule has 2 rings (SSSR count). The number of amides is 2. The van der Waals surface area contributed by atoms with Crippen LogP contribution in [0, 0.1) is 11.3 Å². The van der Waals surface area contributed by atoms with E-state index in [0.717, 1.165) is 4.90 Å². The highest BCUT2D eigenvalue weighted by Gasteiger charge is 2.51. The molecule has 2 atom stereocenters. The molecule has 0 radical (unpaired) electrons. The van der Waals surface area contributed by atoms with Crippen molar-refractivity contribution in [3.63, 3.8) is 0 Å². The van der Waals surface area contributed by atoms with Crippen LogP contribution in [-0.4, -0.2) is 64.1 Å². The first-order valence-corrected chi connectivity index (χ1v) is 11.2. The highest BCUT2D eigenvalue weighted by Crippen LogP contribution is 2.35. The van der Waals surface area contributed by atoms with E-state index in [1.54, 1.807) is 45.0 Å². The summed E-state index contributed by atoms with van der Waals surface area (Å²) in [5.41, 5.74) is 0.518. The number of likely N-dealkylation sites (tertiary alicyclic amines) is 1. The molecule has 2 N–H and O–H groups in total. The van der Waals surface area contributed by atoms with Crippen LogP contribution in [0.1, 0.15) is 32.8 Å². The van der Waals surface area contributed by atoms with Gasteiger partial charge in [-0.3, -0.25) is 19.3 Å². The first-order chi connectivity index (χ1) is 15.7. The number of para-hydroxylation sites is 1. The number of nitrogens with one attached hydrogen (secondary N) is 1. The smallest absolute Gasteiger partial charge is 0.352 e. The van der Waals surface area contributed by atoms with E-state index >= 15 is 0 Å². The molecule has 1 aliphatic heterocycles. The number of carboxylic acid groups (broad SMARTS) is 1. The molecule has 33 heavy (non-hydrogen) atoms. The second-order valence-electron chi connectivity index (χ2n) is 7.12. The van der Waals surface area contributed by atoms with Gasteiger partial charge in [0.2, 0.25) is 0 Å². The van der Waals surface area contributed by atoms with Gasteiger partial charge >= 0.3 is 11.9 Å². The Balaban J connectivity index is 2.09. The Hall–Kier alpha value is -3.52. The normalized spacial score (nSPS) is 16.8. The van der Waals surface area contributed by atoms with Crippen LogP contribution in [0.2, 0.25) is 0 Å². The van der Waals surface area contributed by atoms with Gasteiger partial charge in [-0.25, -0.2) is 4.79 Å². The number of rotatable bonds is 11. The number of ether oxygens (including phenoxy) is 2. The van der Waals surface area contributed by atoms with Gasteiger partial charge in [-0.05, 0) is 38.5 Å². The zero-order valence-electron chi connectivity index (χ0n) is 18.5. The summed E-state index contributed by atoms with van der Waals surface area (Å²) in [5, 5.41) is 20.5. The van der Waals surface area contributed by atoms with Gasteiger partial charge < -0.3 is 19.9 Å². The first kappa shape index (κ1) is 25.7. The summed E-state index contributed by atoms with van der Waals surface area (Å²) in [5.74, 6) is -2.36. The quantitative estimate of drug-likeness (QED) is 0.277. The molecule has 0 aliphatic carbocycles. The van der Waals surface area contributed by atoms with E-state index in [1.807, 2.05) is 6.07 Å². The number of carbonyl (C=O) groups excluding carboxylic acids is 3. The number of carboxylic acids is 1. The van der Waals surface area contributed by atoms with Crippen molar-refractivity contribution < 1.29 is 33.8 Å². The number of esters is 1. The molecule has 0 saturated carbocycles. The van der Waals surface area contributed by atoms with Gasteiger partial charge in [0.15, 0.2) is 6.61 Å². The average Bonchev–Trinajstić information content (AvgIpc) is 2.77. The summed E-state index contributed by atoms with van der Waals surface area (Å²) in [6.07, 6.45) is 0.0724. The van der Waals surface area contributed by atoms with E-state index < -0.39 is 41.8 Å². The standard InChI is InChI=1S/C22H25N3O7S/c1-4-31-17(27)9-10-33-21-18(20(28)25(21)19(13(2)3)22(29)30)24-16(26)12-32-15-8-6-5-7-14(15)11-23/h5-8,18,21H,4,9-10,12H2,1-3H3,(H,24,26)(H,29,30). The van der Waals surface area contributed by atoms with Crippen LogP contribution in [0.4, 0.5) is 0 Å². The van der Waals surface area contributed by atoms with E-state index in [-0.39, 0.29) is 35.8 Å². The van der Waals surface area contributed by atoms with Gasteiger partial charge in [-0.15, -0.1) is 11.8 Å². The van der Waals surface area contributed by atoms with Gasteiger partial charge in [0.05, 0.1) is 18.6 Å². The Morgan fingerprint density at radius 2 is 1.97 bits per heavy atom. The average molecular weight is 476 g/mol. The third-order valence-electron chi connectivity index (χ3n) is 4.54. The van der Waals surface area contributed by atoms with E-state index in [0.29, 0.717) is 5.57 Å². The Bertz CT molecular complexity index is 998. The number of hydrogen-bond donors (Lipinski definition) is 2. The molecule has 1 fully saturated rings. The minimum absolute atomic E-state index is 0.0724. The van der Waals surface area contributed by atoms with Gasteiger partial charge in [0.1, 0.15) is 28.9 Å². The molecule has 1 aromatic rings. The summed E-state index contributed by atoms with van der Waals surface area (Å²) < 4.78 is 10.3. The van der Waals surface area contributed by atoms with E-state index in [2.05, 4.69) is 5.32 Å². The van der Waals surface area contributed by atoms with Crippen LogP contribution in [-0.2, 0) is 23.9 Å². The van der Waals surface area contributed by atoms with Crippen LogP contribution >= 0.6 is 11.8 Å². The number of nitriles is 1. The number of carbonyl (C=O) groups is 4. The largest absolute Gasteiger partial charge is 0.482 e. The predicted octanol–water partition coefficient (Wildman–Crippen LogP) is 1.66. The Morgan fingerprint density at radius 1 is 1.27 bits per heavy atom. The van der Waals surface area contributed by atoms with Crippen molar-refractivity contribution in [1.29, 1.82) is 5.26 Å². The van der Waals surface area contributed by atoms with Crippen LogP contribution in [0.5, 0.6) is 5.75 Å². The number of thioether (sulfide) groups is 1. The molecule has 1 aliphatic rings. The molecule has 0 bridgehead atoms. The van der Waals surface area contributed by atoms with Crippen LogP contribution < -0.4 is 10.1 Å². The van der Waals surface area contributed by atoms with Crippen molar-refractivity contribution >= 4 is 35.5 Å². The van der Waals surface area contributed by atoms with Gasteiger partial charge in [0, 0.05) is 5.75 Å². The molecular weight excluding hydrogens is 450 g/mol. The summed E-state index contributed by atoms with van der Waals surface area (Å²) in [6.45, 7) is 4.64. The van der Waals surface area contributed by atoms with Crippen molar-refractivity contribution in [2.24, 2.45) is 0 Å². The first-order valence-electron chi connectivity index (χ1n) is 10.1. The summed E-state index contributed by atoms with van der Waals surface area (Å²) >= 11 is 1.17. The third kappa shape index (κ3) is 6.49. The monoisotopic (exact) mass is 475 g/mol. The highest BCUT2D eigenvalue weighted by molar-refractivity contribution is 8.00. The molecule has 1 heterocycles. The lowest BCUT2D eigenvalue weighted by atomic mass is 10.0. The Kier molecular flexibility index (Phi) is 9.30. The molecule has 2 amide bonds. The molecule has 176 valence electrons. The van der Waals surface area contributed by atoms with Crippen LogP contribution in [0.25, 0.3) is 0 Å². The van der Waals surface area contributed by atoms with Crippen molar-refractivity contribution in [1.82, 2.24) is 10.2 Å². The number of allylic oxidation sites excluding steroid dienone is 1. The molecule has 1 aromatic carbocycles. The fourth-order valence-corrected chi connectivity index (χ4v) is 4.36. The molecule has 2 unspecified atom stereocenters. The maximum absolute atomic E-state index is 12.8. The van der Waals surface area contributed by atoms with Gasteiger partial charge in [-0.2, -0.15) is 5.26 Å². The SMILES string of the molecule is CCOC(=O)CCSC1C(NC(=O)COc2ccccc2C#N)C(=O)N1C(C(=O)O)=C(C)C. The second kappa shape index (κ2) is 11.9. The predicted molar refractivity (Wildman–Crippen MR) is 119 cm³/mol. The number of aliphatic carboxylic acids is 1. The number of benzene rings is 1. The molecule has 0 aromatic heterocycles. The van der Waals surface area contributed by atoms with Crippen molar-refractivity contribution in [3.05, 3.63) is 41.1 Å². The second-order valence-corrected chi connectivity index (χ2v) is 8.34. The van der Waals surface area contributed by atoms with E-state index in [1.165, 1.54) is 11.8 Å². The highest BCUT2D eigenvalue weighted by atomic mass is 32.2. The minimum atomic E-state index is -1.26. The van der Waals surface area contributed by atoms with Gasteiger partial charge in [0.25, 0.3) is 11.8 Å². The summed E-state index contributed by atoms with van der Waals surface area (Å²) in [7, 11) is 0. The van der Waals surface area contributed by atoms with Crippen LogP contribution in [0.3, 0.4) is 0 Å². The van der Waals surface area contributed by atoms with Crippen LogP contribution in [0.15, 0.2) is 35.5 Å². The molecule has 0 spiro atoms. The summed E-state index contributed by atoms with van der Waals surface area (Å²) in [6, 6.07) is 7.37. The number of β-lactam (4-membered cyclic amide) rings is 1. The topological polar surface area (TPSA) is 146 Å². The summed E-state index contributed by atoms with van der Waals surface area (Å²) in [4.78, 5) is 49.6. The maximum Gasteiger partial charge on any atom is 0.352 e. The number of hydrogen-bond acceptors (Lipinski definition) is 8. The molecule has 11 heteroatoms. The van der Waals surface area contributed by atoms with E-state index in [9.17, 15) is 24.3 Å². The van der Waals surface area contributed by atoms with Crippen molar-refractivity contribution in [2.45, 2.75) is 38.6 Å². The minimum Gasteiger partial charge on any atom is -0.482 e. The lowest BCUT2D eigenvalue weighted by molar-refractivity contribution is -0.150. The third-order valence-corrected chi connectivity index (χ3v) is 5.81. The van der Waals surface area contributed by atoms with Crippen molar-refractivity contribution in [2.75, 3.05) is 19.0 Å². The zero-order chi connectivity index (χ0) is 24.5. The molecule has 10 nitrogen and oxygen atoms in total. The lowest BCUT2D eigenvalue weighted by Gasteiger charge is -2.46. The van der Waals surface area contributed by atoms with E-state index in [4.69, 9.17) is 14.7 Å². The lowest BCUT2D eigenvalue weighted by Crippen LogP contribution is -2.69. The van der Waals surface area contributed by atoms with Crippen molar-refractivity contribution in [3.8, 4) is 11.8 Å². The van der Waals surface area contributed by atoms with Gasteiger partial charge in [-0.1, -0.05) is 12.1 Å². The number of nitrogens with zero attached hydrogens (tertiary/aromatic N) is 2. The zero-order valence-corrected chi connectivity index (χ0v) is 19.3.